The number of anilines is 12. The van der Waals surface area contributed by atoms with E-state index in [0.717, 1.165) is 112 Å². The van der Waals surface area contributed by atoms with Gasteiger partial charge < -0.3 is 19.6 Å². The van der Waals surface area contributed by atoms with Crippen LogP contribution >= 0.6 is 0 Å². The molecule has 0 heterocycles. The number of hydrogen-bond donors (Lipinski definition) is 0. The number of benzene rings is 13. The van der Waals surface area contributed by atoms with Gasteiger partial charge in [0.1, 0.15) is 0 Å². The summed E-state index contributed by atoms with van der Waals surface area (Å²) in [6.45, 7) is 18.1. The molecule has 88 heavy (non-hydrogen) atoms. The maximum atomic E-state index is 2.52. The maximum Gasteiger partial charge on any atom is 0.0620 e. The van der Waals surface area contributed by atoms with Gasteiger partial charge >= 0.3 is 0 Å². The Kier molecular flexibility index (Phi) is 15.3. The van der Waals surface area contributed by atoms with Gasteiger partial charge in [-0.3, -0.25) is 0 Å². The summed E-state index contributed by atoms with van der Waals surface area (Å²) in [6, 6.07) is 112. The maximum absolute atomic E-state index is 2.52. The van der Waals surface area contributed by atoms with Crippen LogP contribution in [0.5, 0.6) is 0 Å². The second-order valence-electron chi connectivity index (χ2n) is 25.3. The quantitative estimate of drug-likeness (QED) is 0.0795. The Labute approximate surface area is 520 Å². The molecule has 430 valence electrons. The van der Waals surface area contributed by atoms with Crippen molar-refractivity contribution in [2.75, 3.05) is 19.6 Å². The number of rotatable bonds is 14. The molecule has 13 aromatic carbocycles. The van der Waals surface area contributed by atoms with E-state index in [9.17, 15) is 0 Å². The van der Waals surface area contributed by atoms with Crippen LogP contribution < -0.4 is 19.6 Å². The van der Waals surface area contributed by atoms with Gasteiger partial charge in [0.15, 0.2) is 0 Å². The summed E-state index contributed by atoms with van der Waals surface area (Å²) in [5.41, 5.74) is 22.5. The van der Waals surface area contributed by atoms with Crippen molar-refractivity contribution in [2.24, 2.45) is 0 Å². The first-order valence-electron chi connectivity index (χ1n) is 30.7. The Morgan fingerprint density at radius 1 is 0.205 bits per heavy atom. The molecule has 0 aliphatic carbocycles. The zero-order chi connectivity index (χ0) is 60.5. The Balaban J connectivity index is 1.10. The summed E-state index contributed by atoms with van der Waals surface area (Å²) in [5.74, 6) is 0. The van der Waals surface area contributed by atoms with Gasteiger partial charge in [-0.25, -0.2) is 0 Å². The highest BCUT2D eigenvalue weighted by Gasteiger charge is 2.28. The average molecular weight is 1140 g/mol. The molecule has 0 aliphatic heterocycles. The van der Waals surface area contributed by atoms with Crippen molar-refractivity contribution in [3.8, 4) is 22.3 Å². The fourth-order valence-electron chi connectivity index (χ4n) is 12.3. The summed E-state index contributed by atoms with van der Waals surface area (Å²) in [6.07, 6.45) is 0. The van der Waals surface area contributed by atoms with Crippen LogP contribution in [0, 0.1) is 13.8 Å². The van der Waals surface area contributed by atoms with Crippen LogP contribution in [0.25, 0.3) is 43.8 Å². The van der Waals surface area contributed by atoms with E-state index in [1.807, 2.05) is 0 Å². The summed E-state index contributed by atoms with van der Waals surface area (Å²) in [7, 11) is 0. The highest BCUT2D eigenvalue weighted by atomic mass is 15.2. The second kappa shape index (κ2) is 23.8. The minimum absolute atomic E-state index is 0.0231. The van der Waals surface area contributed by atoms with Crippen molar-refractivity contribution in [2.45, 2.75) is 66.2 Å². The number of aryl methyl sites for hydroxylation is 2. The summed E-state index contributed by atoms with van der Waals surface area (Å²) in [4.78, 5) is 9.67. The van der Waals surface area contributed by atoms with Crippen molar-refractivity contribution < 1.29 is 0 Å². The van der Waals surface area contributed by atoms with Gasteiger partial charge in [0, 0.05) is 78.4 Å². The predicted octanol–water partition coefficient (Wildman–Crippen LogP) is 24.4. The van der Waals surface area contributed by atoms with Gasteiger partial charge in [-0.2, -0.15) is 0 Å². The van der Waals surface area contributed by atoms with Crippen molar-refractivity contribution in [1.29, 1.82) is 0 Å². The third-order valence-electron chi connectivity index (χ3n) is 17.0. The predicted molar refractivity (Wildman–Crippen MR) is 378 cm³/mol. The van der Waals surface area contributed by atoms with Crippen molar-refractivity contribution in [3.05, 3.63) is 326 Å². The van der Waals surface area contributed by atoms with Crippen LogP contribution in [-0.4, -0.2) is 0 Å². The first kappa shape index (κ1) is 56.7. The molecule has 0 amide bonds. The van der Waals surface area contributed by atoms with E-state index in [1.165, 1.54) is 22.3 Å². The minimum Gasteiger partial charge on any atom is -0.311 e. The molecule has 0 radical (unpaired) electrons. The molecule has 13 rings (SSSR count). The Morgan fingerprint density at radius 3 is 0.716 bits per heavy atom. The number of fused-ring (bicyclic) bond motifs is 2. The van der Waals surface area contributed by atoms with Gasteiger partial charge in [0.2, 0.25) is 0 Å². The molecule has 13 aromatic rings. The van der Waals surface area contributed by atoms with Gasteiger partial charge in [-0.1, -0.05) is 223 Å². The standard InChI is InChI=1S/C84H74N4/c1-59-29-43-73(44-30-59)87(75-51-39-65(40-52-75)83(3,4)5)81-77-55-37-63(61-33-47-71(48-34-61)85(67-21-13-9-14-22-67)68-23-15-10-16-24-68)57-79(77)82(88(74-45-31-60(2)32-46-74)76-53-41-66(42-54-76)84(6,7)8)80-58-64(38-56-78(80)81)62-35-49-72(50-36-62)86(69-25-17-11-18-26-69)70-27-19-12-20-28-70/h9-58H,1-8H3. The van der Waals surface area contributed by atoms with Gasteiger partial charge in [-0.15, -0.1) is 0 Å². The zero-order valence-electron chi connectivity index (χ0n) is 51.7. The van der Waals surface area contributed by atoms with Gasteiger partial charge in [0.25, 0.3) is 0 Å². The second-order valence-corrected chi connectivity index (χ2v) is 25.3. The lowest BCUT2D eigenvalue weighted by Crippen LogP contribution is -2.16. The van der Waals surface area contributed by atoms with Crippen LogP contribution in [-0.2, 0) is 10.8 Å². The van der Waals surface area contributed by atoms with Gasteiger partial charge in [0.05, 0.1) is 11.4 Å². The van der Waals surface area contributed by atoms with E-state index in [-0.39, 0.29) is 10.8 Å². The summed E-state index contributed by atoms with van der Waals surface area (Å²) >= 11 is 0. The van der Waals surface area contributed by atoms with Crippen molar-refractivity contribution >= 4 is 89.8 Å². The number of para-hydroxylation sites is 4. The van der Waals surface area contributed by atoms with E-state index >= 15 is 0 Å². The van der Waals surface area contributed by atoms with E-state index in [4.69, 9.17) is 0 Å². The Morgan fingerprint density at radius 2 is 0.432 bits per heavy atom. The lowest BCUT2D eigenvalue weighted by atomic mass is 9.86. The molecule has 0 fully saturated rings. The molecule has 4 heteroatoms. The van der Waals surface area contributed by atoms with Crippen LogP contribution in [0.2, 0.25) is 0 Å². The lowest BCUT2D eigenvalue weighted by Gasteiger charge is -2.34. The first-order valence-corrected chi connectivity index (χ1v) is 30.7. The molecule has 0 aromatic heterocycles. The topological polar surface area (TPSA) is 13.0 Å². The van der Waals surface area contributed by atoms with E-state index in [1.54, 1.807) is 0 Å². The molecule has 4 nitrogen and oxygen atoms in total. The Hall–Kier alpha value is -10.4. The fraction of sp³-hybridized carbons (Fsp3) is 0.119. The molecule has 0 N–H and O–H groups in total. The minimum atomic E-state index is -0.0356. The van der Waals surface area contributed by atoms with E-state index < -0.39 is 0 Å². The van der Waals surface area contributed by atoms with Crippen LogP contribution in [0.4, 0.5) is 68.2 Å². The largest absolute Gasteiger partial charge is 0.311 e. The molecular weight excluding hydrogens is 1060 g/mol. The van der Waals surface area contributed by atoms with Crippen LogP contribution in [0.3, 0.4) is 0 Å². The number of hydrogen-bond acceptors (Lipinski definition) is 4. The molecule has 0 spiro atoms. The zero-order valence-corrected chi connectivity index (χ0v) is 51.7. The highest BCUT2D eigenvalue weighted by molar-refractivity contribution is 6.24. The Bertz CT molecular complexity index is 4250. The van der Waals surface area contributed by atoms with Crippen molar-refractivity contribution in [1.82, 2.24) is 0 Å². The van der Waals surface area contributed by atoms with E-state index in [0.29, 0.717) is 0 Å². The smallest absolute Gasteiger partial charge is 0.0620 e. The first-order chi connectivity index (χ1) is 42.7. The lowest BCUT2D eigenvalue weighted by molar-refractivity contribution is 0.590. The number of nitrogens with zero attached hydrogens (tertiary/aromatic N) is 4. The molecular formula is C84H74N4. The normalized spacial score (nSPS) is 11.6. The van der Waals surface area contributed by atoms with Gasteiger partial charge in [-0.05, 0) is 192 Å². The third kappa shape index (κ3) is 11.5. The monoisotopic (exact) mass is 1140 g/mol. The average Bonchev–Trinajstić information content (AvgIpc) is 0.750. The third-order valence-corrected chi connectivity index (χ3v) is 17.0. The molecule has 0 unspecified atom stereocenters. The van der Waals surface area contributed by atoms with Crippen molar-refractivity contribution in [3.63, 3.8) is 0 Å². The summed E-state index contributed by atoms with van der Waals surface area (Å²) in [5, 5.41) is 4.50. The highest BCUT2D eigenvalue weighted by Crippen LogP contribution is 2.53. The molecule has 0 atom stereocenters. The molecule has 0 aliphatic rings. The molecule has 0 bridgehead atoms. The molecule has 0 saturated carbocycles. The fourth-order valence-corrected chi connectivity index (χ4v) is 12.3. The van der Waals surface area contributed by atoms with Crippen LogP contribution in [0.1, 0.15) is 63.8 Å². The van der Waals surface area contributed by atoms with Crippen LogP contribution in [0.15, 0.2) is 303 Å². The van der Waals surface area contributed by atoms with E-state index in [2.05, 4.69) is 378 Å². The summed E-state index contributed by atoms with van der Waals surface area (Å²) < 4.78 is 0. The SMILES string of the molecule is Cc1ccc(N(c2ccc(C(C)(C)C)cc2)c2c3ccc(-c4ccc(N(c5ccccc5)c5ccccc5)cc4)cc3c(N(c3ccc(C)cc3)c3ccc(C(C)(C)C)cc3)c3cc(-c4ccc(N(c5ccccc5)c5ccccc5)cc4)ccc23)cc1. The molecule has 0 saturated heterocycles.